The molecule has 0 saturated heterocycles. The van der Waals surface area contributed by atoms with Crippen LogP contribution in [0.15, 0.2) is 42.5 Å². The van der Waals surface area contributed by atoms with E-state index in [-0.39, 0.29) is 17.4 Å². The Balaban J connectivity index is 1.63. The minimum atomic E-state index is -0.961. The summed E-state index contributed by atoms with van der Waals surface area (Å²) in [4.78, 5) is 37.2. The second-order valence-electron chi connectivity index (χ2n) is 6.63. The fourth-order valence-electron chi connectivity index (χ4n) is 3.32. The maximum Gasteiger partial charge on any atom is 0.335 e. The first kappa shape index (κ1) is 18.6. The van der Waals surface area contributed by atoms with Gasteiger partial charge in [-0.25, -0.2) is 4.79 Å². The van der Waals surface area contributed by atoms with Gasteiger partial charge < -0.3 is 15.3 Å². The van der Waals surface area contributed by atoms with Gasteiger partial charge in [-0.05, 0) is 53.8 Å². The summed E-state index contributed by atoms with van der Waals surface area (Å²) in [6.07, 6.45) is 1.64. The van der Waals surface area contributed by atoms with Crippen molar-refractivity contribution in [1.82, 2.24) is 10.2 Å². The van der Waals surface area contributed by atoms with Crippen molar-refractivity contribution < 1.29 is 19.5 Å². The zero-order valence-corrected chi connectivity index (χ0v) is 15.2. The highest BCUT2D eigenvalue weighted by atomic mass is 16.4. The molecule has 0 atom stereocenters. The average Bonchev–Trinajstić information content (AvgIpc) is 2.70. The maximum absolute atomic E-state index is 12.6. The van der Waals surface area contributed by atoms with E-state index < -0.39 is 5.97 Å². The molecular formula is C21H22N2O4. The molecule has 0 radical (unpaired) electrons. The molecule has 0 bridgehead atoms. The van der Waals surface area contributed by atoms with Crippen molar-refractivity contribution >= 4 is 17.8 Å². The largest absolute Gasteiger partial charge is 0.478 e. The molecule has 0 unspecified atom stereocenters. The number of rotatable bonds is 5. The molecule has 6 heteroatoms. The fraction of sp³-hybridized carbons (Fsp3) is 0.286. The summed E-state index contributed by atoms with van der Waals surface area (Å²) in [6, 6.07) is 12.4. The van der Waals surface area contributed by atoms with E-state index in [2.05, 4.69) is 5.32 Å². The SMILES string of the molecule is CNC(=O)c1cccc(CCC(=O)N2CCc3ccc(C(=O)O)cc3C2)c1. The molecule has 2 aromatic carbocycles. The molecule has 0 aromatic heterocycles. The van der Waals surface area contributed by atoms with E-state index in [1.54, 1.807) is 36.2 Å². The molecule has 2 amide bonds. The lowest BCUT2D eigenvalue weighted by atomic mass is 9.97. The zero-order valence-electron chi connectivity index (χ0n) is 15.2. The van der Waals surface area contributed by atoms with Crippen LogP contribution in [0.5, 0.6) is 0 Å². The number of hydrogen-bond acceptors (Lipinski definition) is 3. The van der Waals surface area contributed by atoms with E-state index in [1.807, 2.05) is 18.2 Å². The summed E-state index contributed by atoms with van der Waals surface area (Å²) < 4.78 is 0. The van der Waals surface area contributed by atoms with Crippen LogP contribution >= 0.6 is 0 Å². The molecule has 0 saturated carbocycles. The summed E-state index contributed by atoms with van der Waals surface area (Å²) >= 11 is 0. The van der Waals surface area contributed by atoms with E-state index in [9.17, 15) is 14.4 Å². The van der Waals surface area contributed by atoms with Crippen molar-refractivity contribution in [2.75, 3.05) is 13.6 Å². The maximum atomic E-state index is 12.6. The van der Waals surface area contributed by atoms with Crippen molar-refractivity contribution in [1.29, 1.82) is 0 Å². The number of benzene rings is 2. The Morgan fingerprint density at radius 2 is 1.89 bits per heavy atom. The molecule has 0 aliphatic carbocycles. The van der Waals surface area contributed by atoms with Gasteiger partial charge in [0, 0.05) is 32.1 Å². The first-order valence-corrected chi connectivity index (χ1v) is 8.92. The van der Waals surface area contributed by atoms with Crippen molar-refractivity contribution in [3.63, 3.8) is 0 Å². The smallest absolute Gasteiger partial charge is 0.335 e. The average molecular weight is 366 g/mol. The summed E-state index contributed by atoms with van der Waals surface area (Å²) in [5.41, 5.74) is 3.76. The van der Waals surface area contributed by atoms with Crippen LogP contribution < -0.4 is 5.32 Å². The number of nitrogens with one attached hydrogen (secondary N) is 1. The number of nitrogens with zero attached hydrogens (tertiary/aromatic N) is 1. The summed E-state index contributed by atoms with van der Waals surface area (Å²) in [7, 11) is 1.59. The molecule has 2 N–H and O–H groups in total. The molecular weight excluding hydrogens is 344 g/mol. The summed E-state index contributed by atoms with van der Waals surface area (Å²) in [6.45, 7) is 1.07. The Bertz CT molecular complexity index is 892. The Morgan fingerprint density at radius 1 is 1.07 bits per heavy atom. The molecule has 0 spiro atoms. The van der Waals surface area contributed by atoms with Gasteiger partial charge in [-0.2, -0.15) is 0 Å². The first-order chi connectivity index (χ1) is 13.0. The molecule has 2 aromatic rings. The van der Waals surface area contributed by atoms with E-state index in [0.29, 0.717) is 31.5 Å². The zero-order chi connectivity index (χ0) is 19.4. The van der Waals surface area contributed by atoms with Gasteiger partial charge in [0.15, 0.2) is 0 Å². The highest BCUT2D eigenvalue weighted by Gasteiger charge is 2.21. The highest BCUT2D eigenvalue weighted by molar-refractivity contribution is 5.94. The standard InChI is InChI=1S/C21H22N2O4/c1-22-20(25)16-4-2-3-14(11-16)5-8-19(24)23-10-9-15-6-7-17(21(26)27)12-18(15)13-23/h2-4,6-7,11-12H,5,8-10,13H2,1H3,(H,22,25)(H,26,27). The Hall–Kier alpha value is -3.15. The Morgan fingerprint density at radius 3 is 2.63 bits per heavy atom. The number of hydrogen-bond donors (Lipinski definition) is 2. The van der Waals surface area contributed by atoms with Crippen LogP contribution in [0, 0.1) is 0 Å². The van der Waals surface area contributed by atoms with Crippen LogP contribution in [-0.4, -0.2) is 41.4 Å². The van der Waals surface area contributed by atoms with Crippen LogP contribution in [0.4, 0.5) is 0 Å². The van der Waals surface area contributed by atoms with Crippen molar-refractivity contribution in [2.24, 2.45) is 0 Å². The van der Waals surface area contributed by atoms with Gasteiger partial charge in [0.2, 0.25) is 5.91 Å². The lowest BCUT2D eigenvalue weighted by molar-refractivity contribution is -0.132. The molecule has 1 heterocycles. The van der Waals surface area contributed by atoms with Gasteiger partial charge in [0.25, 0.3) is 5.91 Å². The quantitative estimate of drug-likeness (QED) is 0.850. The van der Waals surface area contributed by atoms with Gasteiger partial charge in [-0.15, -0.1) is 0 Å². The Labute approximate surface area is 157 Å². The third kappa shape index (κ3) is 4.34. The third-order valence-corrected chi connectivity index (χ3v) is 4.86. The number of fused-ring (bicyclic) bond motifs is 1. The van der Waals surface area contributed by atoms with Crippen LogP contribution in [0.1, 0.15) is 43.8 Å². The monoisotopic (exact) mass is 366 g/mol. The first-order valence-electron chi connectivity index (χ1n) is 8.92. The lowest BCUT2D eigenvalue weighted by Crippen LogP contribution is -2.36. The molecule has 140 valence electrons. The predicted octanol–water partition coefficient (Wildman–Crippen LogP) is 2.26. The topological polar surface area (TPSA) is 86.7 Å². The number of amides is 2. The van der Waals surface area contributed by atoms with Crippen molar-refractivity contribution in [3.8, 4) is 0 Å². The van der Waals surface area contributed by atoms with Crippen LogP contribution in [0.25, 0.3) is 0 Å². The van der Waals surface area contributed by atoms with E-state index in [0.717, 1.165) is 23.1 Å². The van der Waals surface area contributed by atoms with Crippen LogP contribution in [0.3, 0.4) is 0 Å². The third-order valence-electron chi connectivity index (χ3n) is 4.86. The number of carboxylic acids is 1. The van der Waals surface area contributed by atoms with Crippen LogP contribution in [-0.2, 0) is 24.2 Å². The molecule has 0 fully saturated rings. The normalized spacial score (nSPS) is 13.0. The molecule has 3 rings (SSSR count). The minimum Gasteiger partial charge on any atom is -0.478 e. The molecule has 1 aliphatic rings. The number of carbonyl (C=O) groups is 3. The molecule has 1 aliphatic heterocycles. The lowest BCUT2D eigenvalue weighted by Gasteiger charge is -2.29. The minimum absolute atomic E-state index is 0.0340. The van der Waals surface area contributed by atoms with E-state index in [4.69, 9.17) is 5.11 Å². The van der Waals surface area contributed by atoms with Crippen molar-refractivity contribution in [2.45, 2.75) is 25.8 Å². The van der Waals surface area contributed by atoms with Crippen molar-refractivity contribution in [3.05, 3.63) is 70.3 Å². The molecule has 27 heavy (non-hydrogen) atoms. The molecule has 6 nitrogen and oxygen atoms in total. The number of carboxylic acid groups (broad SMARTS) is 1. The number of aryl methyl sites for hydroxylation is 1. The highest BCUT2D eigenvalue weighted by Crippen LogP contribution is 2.21. The van der Waals surface area contributed by atoms with Gasteiger partial charge in [-0.1, -0.05) is 18.2 Å². The fourth-order valence-corrected chi connectivity index (χ4v) is 3.32. The Kier molecular flexibility index (Phi) is 5.54. The second kappa shape index (κ2) is 8.03. The number of aromatic carboxylic acids is 1. The van der Waals surface area contributed by atoms with Gasteiger partial charge >= 0.3 is 5.97 Å². The predicted molar refractivity (Wildman–Crippen MR) is 101 cm³/mol. The summed E-state index contributed by atoms with van der Waals surface area (Å²) in [5, 5.41) is 11.7. The van der Waals surface area contributed by atoms with Crippen LogP contribution in [0.2, 0.25) is 0 Å². The van der Waals surface area contributed by atoms with Gasteiger partial charge in [0.05, 0.1) is 5.56 Å². The number of carbonyl (C=O) groups excluding carboxylic acids is 2. The van der Waals surface area contributed by atoms with Gasteiger partial charge in [-0.3, -0.25) is 9.59 Å². The van der Waals surface area contributed by atoms with E-state index in [1.165, 1.54) is 0 Å². The second-order valence-corrected chi connectivity index (χ2v) is 6.63. The van der Waals surface area contributed by atoms with Gasteiger partial charge in [0.1, 0.15) is 0 Å². The summed E-state index contributed by atoms with van der Waals surface area (Å²) in [5.74, 6) is -1.07. The van der Waals surface area contributed by atoms with E-state index >= 15 is 0 Å².